The van der Waals surface area contributed by atoms with Crippen LogP contribution in [0.5, 0.6) is 0 Å². The predicted molar refractivity (Wildman–Crippen MR) is 112 cm³/mol. The van der Waals surface area contributed by atoms with Crippen molar-refractivity contribution in [2.75, 3.05) is 24.2 Å². The van der Waals surface area contributed by atoms with Crippen LogP contribution in [0.1, 0.15) is 11.1 Å². The molecule has 0 aliphatic carbocycles. The van der Waals surface area contributed by atoms with Gasteiger partial charge in [0.2, 0.25) is 0 Å². The third-order valence-electron chi connectivity index (χ3n) is 4.20. The predicted octanol–water partition coefficient (Wildman–Crippen LogP) is 3.80. The molecule has 0 saturated carbocycles. The highest BCUT2D eigenvalue weighted by Gasteiger charge is 2.09. The van der Waals surface area contributed by atoms with Gasteiger partial charge in [-0.15, -0.1) is 0 Å². The number of thiazole rings is 1. The van der Waals surface area contributed by atoms with Crippen molar-refractivity contribution >= 4 is 40.9 Å². The second-order valence-electron chi connectivity index (χ2n) is 6.27. The second kappa shape index (κ2) is 9.01. The van der Waals surface area contributed by atoms with Crippen LogP contribution < -0.4 is 14.0 Å². The van der Waals surface area contributed by atoms with Crippen molar-refractivity contribution in [1.29, 1.82) is 0 Å². The number of thioether (sulfide) groups is 1. The van der Waals surface area contributed by atoms with Gasteiger partial charge in [0.05, 0.1) is 5.38 Å². The maximum Gasteiger partial charge on any atom is 0.297 e. The molecule has 0 spiro atoms. The molecule has 0 unspecified atom stereocenters. The van der Waals surface area contributed by atoms with Crippen molar-refractivity contribution in [1.82, 2.24) is 0 Å². The molecule has 3 nitrogen and oxygen atoms in total. The van der Waals surface area contributed by atoms with Gasteiger partial charge in [0.25, 0.3) is 4.34 Å². The number of pyridine rings is 1. The van der Waals surface area contributed by atoms with Gasteiger partial charge < -0.3 is 4.90 Å². The molecule has 134 valence electrons. The van der Waals surface area contributed by atoms with Crippen molar-refractivity contribution in [3.63, 3.8) is 0 Å². The summed E-state index contributed by atoms with van der Waals surface area (Å²) in [4.78, 5) is 2.31. The minimum Gasteiger partial charge on any atom is -0.374 e. The van der Waals surface area contributed by atoms with Crippen LogP contribution in [-0.2, 0) is 14.1 Å². The third kappa shape index (κ3) is 5.19. The Morgan fingerprint density at radius 3 is 2.23 bits per heavy atom. The SMILES string of the molecule is CN(CCSc1scc[n+]1C)c1ccc(/C=C/c2cc[n+](C)cc2)cc1. The monoisotopic (exact) mass is 383 g/mol. The Bertz CT molecular complexity index is 852. The Morgan fingerprint density at radius 1 is 0.962 bits per heavy atom. The van der Waals surface area contributed by atoms with Crippen molar-refractivity contribution in [2.45, 2.75) is 4.34 Å². The van der Waals surface area contributed by atoms with E-state index in [0.29, 0.717) is 0 Å². The lowest BCUT2D eigenvalue weighted by molar-refractivity contribution is -0.702. The molecule has 0 amide bonds. The molecular weight excluding hydrogens is 358 g/mol. The zero-order chi connectivity index (χ0) is 18.4. The Morgan fingerprint density at radius 2 is 1.62 bits per heavy atom. The second-order valence-corrected chi connectivity index (χ2v) is 8.51. The number of aryl methyl sites for hydroxylation is 2. The zero-order valence-electron chi connectivity index (χ0n) is 15.5. The van der Waals surface area contributed by atoms with Crippen molar-refractivity contribution < 1.29 is 9.13 Å². The van der Waals surface area contributed by atoms with E-state index in [0.717, 1.165) is 12.3 Å². The highest BCUT2D eigenvalue weighted by Crippen LogP contribution is 2.20. The normalized spacial score (nSPS) is 11.2. The van der Waals surface area contributed by atoms with E-state index in [-0.39, 0.29) is 0 Å². The highest BCUT2D eigenvalue weighted by molar-refractivity contribution is 8.00. The summed E-state index contributed by atoms with van der Waals surface area (Å²) >= 11 is 3.72. The summed E-state index contributed by atoms with van der Waals surface area (Å²) in [6, 6.07) is 13.0. The standard InChI is InChI=1S/C21H25N3S2/c1-22-12-10-19(11-13-22)5-4-18-6-8-20(9-7-18)23(2)14-16-25-21-24(3)15-17-26-21/h4-13,15,17H,14,16H2,1-3H3/q+2. The molecular formula is C21H25N3S2+2. The first-order valence-corrected chi connectivity index (χ1v) is 10.5. The molecule has 3 aromatic rings. The Hall–Kier alpha value is -2.11. The number of anilines is 1. The van der Waals surface area contributed by atoms with Crippen LogP contribution in [0.3, 0.4) is 0 Å². The smallest absolute Gasteiger partial charge is 0.297 e. The van der Waals surface area contributed by atoms with E-state index in [1.807, 2.05) is 23.4 Å². The van der Waals surface area contributed by atoms with Crippen molar-refractivity contribution in [2.24, 2.45) is 14.1 Å². The van der Waals surface area contributed by atoms with E-state index in [9.17, 15) is 0 Å². The van der Waals surface area contributed by atoms with Gasteiger partial charge in [-0.25, -0.2) is 4.57 Å². The Kier molecular flexibility index (Phi) is 6.47. The average molecular weight is 384 g/mol. The maximum absolute atomic E-state index is 2.31. The summed E-state index contributed by atoms with van der Waals surface area (Å²) in [6.45, 7) is 1.03. The fraction of sp³-hybridized carbons (Fsp3) is 0.238. The highest BCUT2D eigenvalue weighted by atomic mass is 32.2. The van der Waals surface area contributed by atoms with Crippen molar-refractivity contribution in [3.05, 3.63) is 71.5 Å². The first-order valence-electron chi connectivity index (χ1n) is 8.62. The summed E-state index contributed by atoms with van der Waals surface area (Å²) in [5.74, 6) is 1.08. The van der Waals surface area contributed by atoms with Gasteiger partial charge in [0.15, 0.2) is 18.6 Å². The quantitative estimate of drug-likeness (QED) is 0.454. The number of benzene rings is 1. The fourth-order valence-corrected chi connectivity index (χ4v) is 4.59. The molecule has 0 N–H and O–H groups in total. The Balaban J connectivity index is 1.53. The summed E-state index contributed by atoms with van der Waals surface area (Å²) in [5.41, 5.74) is 3.68. The molecule has 2 heterocycles. The van der Waals surface area contributed by atoms with Crippen LogP contribution in [-0.4, -0.2) is 19.3 Å². The fourth-order valence-electron chi connectivity index (χ4n) is 2.51. The first kappa shape index (κ1) is 18.7. The molecule has 0 saturated heterocycles. The maximum atomic E-state index is 2.31. The van der Waals surface area contributed by atoms with Gasteiger partial charge >= 0.3 is 0 Å². The molecule has 0 aliphatic rings. The molecule has 3 rings (SSSR count). The van der Waals surface area contributed by atoms with Crippen molar-refractivity contribution in [3.8, 4) is 0 Å². The number of hydrogen-bond donors (Lipinski definition) is 0. The van der Waals surface area contributed by atoms with Gasteiger partial charge in [0, 0.05) is 37.2 Å². The van der Waals surface area contributed by atoms with Gasteiger partial charge in [-0.2, -0.15) is 4.57 Å². The number of rotatable bonds is 7. The number of aromatic nitrogens is 2. The lowest BCUT2D eigenvalue weighted by Gasteiger charge is -2.18. The molecule has 0 atom stereocenters. The van der Waals surface area contributed by atoms with Gasteiger partial charge in [-0.1, -0.05) is 35.6 Å². The third-order valence-corrected chi connectivity index (χ3v) is 6.51. The lowest BCUT2D eigenvalue weighted by atomic mass is 10.1. The van der Waals surface area contributed by atoms with Crippen LogP contribution in [0.15, 0.2) is 64.7 Å². The first-order chi connectivity index (χ1) is 12.6. The van der Waals surface area contributed by atoms with E-state index in [4.69, 9.17) is 0 Å². The van der Waals surface area contributed by atoms with Crippen LogP contribution in [0.25, 0.3) is 12.2 Å². The Labute approximate surface area is 164 Å². The van der Waals surface area contributed by atoms with Gasteiger partial charge in [-0.3, -0.25) is 0 Å². The van der Waals surface area contributed by atoms with E-state index < -0.39 is 0 Å². The molecule has 2 aromatic heterocycles. The number of hydrogen-bond acceptors (Lipinski definition) is 3. The summed E-state index contributed by atoms with van der Waals surface area (Å²) in [5, 5.41) is 2.13. The van der Waals surface area contributed by atoms with Gasteiger partial charge in [-0.05, 0) is 35.0 Å². The molecule has 0 fully saturated rings. The number of nitrogens with zero attached hydrogens (tertiary/aromatic N) is 3. The summed E-state index contributed by atoms with van der Waals surface area (Å²) < 4.78 is 5.58. The average Bonchev–Trinajstić information content (AvgIpc) is 3.06. The molecule has 1 aromatic carbocycles. The molecule has 26 heavy (non-hydrogen) atoms. The van der Waals surface area contributed by atoms with Crippen LogP contribution in [0.4, 0.5) is 5.69 Å². The largest absolute Gasteiger partial charge is 0.374 e. The van der Waals surface area contributed by atoms with Gasteiger partial charge in [0.1, 0.15) is 14.1 Å². The van der Waals surface area contributed by atoms with Crippen LogP contribution in [0, 0.1) is 0 Å². The topological polar surface area (TPSA) is 11.0 Å². The molecule has 0 radical (unpaired) electrons. The van der Waals surface area contributed by atoms with Crippen LogP contribution >= 0.6 is 23.1 Å². The van der Waals surface area contributed by atoms with E-state index in [1.54, 1.807) is 11.3 Å². The molecule has 0 bridgehead atoms. The van der Waals surface area contributed by atoms with E-state index >= 15 is 0 Å². The minimum atomic E-state index is 1.03. The summed E-state index contributed by atoms with van der Waals surface area (Å²) in [6.07, 6.45) is 10.5. The lowest BCUT2D eigenvalue weighted by Crippen LogP contribution is -2.27. The zero-order valence-corrected chi connectivity index (χ0v) is 17.1. The molecule has 0 aliphatic heterocycles. The van der Waals surface area contributed by atoms with Crippen LogP contribution in [0.2, 0.25) is 0 Å². The van der Waals surface area contributed by atoms with E-state index in [1.165, 1.54) is 21.2 Å². The molecule has 5 heteroatoms. The minimum absolute atomic E-state index is 1.03. The summed E-state index contributed by atoms with van der Waals surface area (Å²) in [7, 11) is 6.29. The van der Waals surface area contributed by atoms with E-state index in [2.05, 4.69) is 96.1 Å².